The summed E-state index contributed by atoms with van der Waals surface area (Å²) >= 11 is 0. The highest BCUT2D eigenvalue weighted by Crippen LogP contribution is 2.48. The van der Waals surface area contributed by atoms with Crippen LogP contribution in [0.25, 0.3) is 0 Å². The highest BCUT2D eigenvalue weighted by molar-refractivity contribution is 5.99. The molecule has 0 radical (unpaired) electrons. The minimum Gasteiger partial charge on any atom is -0.475 e. The monoisotopic (exact) mass is 610 g/mol. The smallest absolute Gasteiger partial charge is 0.416 e. The zero-order chi connectivity index (χ0) is 28.2. The lowest BCUT2D eigenvalue weighted by atomic mass is 9.78. The van der Waals surface area contributed by atoms with Gasteiger partial charge in [-0.3, -0.25) is 4.79 Å². The molecule has 222 valence electrons. The molecule has 1 aliphatic rings. The Labute approximate surface area is 251 Å². The van der Waals surface area contributed by atoms with E-state index in [4.69, 9.17) is 4.74 Å². The van der Waals surface area contributed by atoms with Crippen molar-refractivity contribution in [3.05, 3.63) is 100 Å². The Hall–Kier alpha value is -3.27. The van der Waals surface area contributed by atoms with Gasteiger partial charge >= 0.3 is 6.18 Å². The molecular weight excluding hydrogens is 576 g/mol. The number of hydrogen-bond acceptors (Lipinski definition) is 5. The zero-order valence-electron chi connectivity index (χ0n) is 23.3. The predicted octanol–water partition coefficient (Wildman–Crippen LogP) is 6.81. The van der Waals surface area contributed by atoms with Gasteiger partial charge in [-0.25, -0.2) is 4.98 Å². The molecule has 2 heterocycles. The van der Waals surface area contributed by atoms with Gasteiger partial charge in [-0.2, -0.15) is 13.2 Å². The van der Waals surface area contributed by atoms with E-state index in [1.54, 1.807) is 19.1 Å². The average Bonchev–Trinajstić information content (AvgIpc) is 2.87. The normalized spacial score (nSPS) is 14.5. The molecular formula is C30H35Cl2F3N4O2. The molecule has 1 amide bonds. The molecule has 0 spiro atoms. The summed E-state index contributed by atoms with van der Waals surface area (Å²) in [5.41, 5.74) is 1.95. The number of benzene rings is 2. The van der Waals surface area contributed by atoms with Crippen LogP contribution < -0.4 is 15.4 Å². The van der Waals surface area contributed by atoms with Crippen molar-refractivity contribution < 1.29 is 22.7 Å². The largest absolute Gasteiger partial charge is 0.475 e. The molecule has 6 nitrogen and oxygen atoms in total. The van der Waals surface area contributed by atoms with Crippen LogP contribution in [0.15, 0.2) is 78.1 Å². The van der Waals surface area contributed by atoms with Gasteiger partial charge in [-0.1, -0.05) is 48.5 Å². The number of aromatic nitrogens is 1. The Balaban J connectivity index is 0.00000294. The van der Waals surface area contributed by atoms with Crippen LogP contribution in [0.2, 0.25) is 0 Å². The number of hydrogen-bond donors (Lipinski definition) is 2. The number of carbonyl (C=O) groups is 1. The summed E-state index contributed by atoms with van der Waals surface area (Å²) in [6, 6.07) is 17.0. The zero-order valence-corrected chi connectivity index (χ0v) is 24.9. The molecule has 1 aromatic heterocycles. The van der Waals surface area contributed by atoms with Crippen molar-refractivity contribution in [3.63, 3.8) is 0 Å². The standard InChI is InChI=1S/C30H33F3N4O2.2ClH/c1-19(2)39-29-27-24(14-15-35-29)36-20(3)25(26(27)22-12-8-9-13-23(22)30(31,32)33)28(38)34-16-17-37(4)18-21-10-6-5-7-11-21;;/h5-15,19,26,36H,16-18H2,1-4H3,(H,34,38);2*1H. The van der Waals surface area contributed by atoms with Gasteiger partial charge in [0, 0.05) is 54.3 Å². The topological polar surface area (TPSA) is 66.5 Å². The molecule has 11 heteroatoms. The van der Waals surface area contributed by atoms with Crippen LogP contribution in [0.5, 0.6) is 5.88 Å². The van der Waals surface area contributed by atoms with Crippen LogP contribution in [0.1, 0.15) is 48.9 Å². The van der Waals surface area contributed by atoms with Crippen LogP contribution in [0.4, 0.5) is 18.9 Å². The molecule has 4 rings (SSSR count). The average molecular weight is 612 g/mol. The molecule has 1 atom stereocenters. The lowest BCUT2D eigenvalue weighted by molar-refractivity contribution is -0.138. The van der Waals surface area contributed by atoms with E-state index in [1.807, 2.05) is 51.2 Å². The number of pyridine rings is 1. The number of nitrogens with one attached hydrogen (secondary N) is 2. The van der Waals surface area contributed by atoms with E-state index >= 15 is 0 Å². The van der Waals surface area contributed by atoms with Crippen LogP contribution in [-0.2, 0) is 17.5 Å². The Morgan fingerprint density at radius 1 is 1.07 bits per heavy atom. The van der Waals surface area contributed by atoms with Crippen molar-refractivity contribution in [2.24, 2.45) is 0 Å². The molecule has 0 bridgehead atoms. The fraction of sp³-hybridized carbons (Fsp3) is 0.333. The van der Waals surface area contributed by atoms with Gasteiger partial charge in [0.05, 0.1) is 11.7 Å². The quantitative estimate of drug-likeness (QED) is 0.278. The molecule has 0 fully saturated rings. The maximum absolute atomic E-state index is 14.2. The summed E-state index contributed by atoms with van der Waals surface area (Å²) in [6.07, 6.45) is -3.35. The highest BCUT2D eigenvalue weighted by Gasteiger charge is 2.41. The van der Waals surface area contributed by atoms with Crippen molar-refractivity contribution in [1.29, 1.82) is 0 Å². The second-order valence-electron chi connectivity index (χ2n) is 9.90. The van der Waals surface area contributed by atoms with E-state index in [9.17, 15) is 18.0 Å². The van der Waals surface area contributed by atoms with Gasteiger partial charge in [0.1, 0.15) is 0 Å². The molecule has 0 saturated heterocycles. The SMILES string of the molecule is CC1=C(C(=O)NCCN(C)Cc2ccccc2)C(c2ccccc2C(F)(F)F)c2c(ccnc2OC(C)C)N1.Cl.Cl. The number of amides is 1. The number of fused-ring (bicyclic) bond motifs is 1. The van der Waals surface area contributed by atoms with Gasteiger partial charge in [-0.05, 0) is 51.1 Å². The first-order chi connectivity index (χ1) is 18.6. The maximum Gasteiger partial charge on any atom is 0.416 e. The number of allylic oxidation sites excluding steroid dienone is 1. The minimum absolute atomic E-state index is 0. The maximum atomic E-state index is 14.2. The Kier molecular flexibility index (Phi) is 12.1. The van der Waals surface area contributed by atoms with Crippen molar-refractivity contribution >= 4 is 36.4 Å². The molecule has 1 aliphatic heterocycles. The third-order valence-electron chi connectivity index (χ3n) is 6.50. The summed E-state index contributed by atoms with van der Waals surface area (Å²) in [7, 11) is 1.95. The predicted molar refractivity (Wildman–Crippen MR) is 160 cm³/mol. The number of ether oxygens (including phenoxy) is 1. The van der Waals surface area contributed by atoms with Crippen LogP contribution in [-0.4, -0.2) is 42.0 Å². The number of halogens is 5. The van der Waals surface area contributed by atoms with Crippen LogP contribution in [0.3, 0.4) is 0 Å². The number of rotatable bonds is 9. The highest BCUT2D eigenvalue weighted by atomic mass is 35.5. The van der Waals surface area contributed by atoms with E-state index < -0.39 is 23.6 Å². The van der Waals surface area contributed by atoms with Gasteiger partial charge in [0.25, 0.3) is 0 Å². The number of nitrogens with zero attached hydrogens (tertiary/aromatic N) is 2. The van der Waals surface area contributed by atoms with E-state index in [0.717, 1.165) is 11.6 Å². The van der Waals surface area contributed by atoms with Crippen molar-refractivity contribution in [1.82, 2.24) is 15.2 Å². The Morgan fingerprint density at radius 3 is 2.39 bits per heavy atom. The van der Waals surface area contributed by atoms with Crippen molar-refractivity contribution in [3.8, 4) is 5.88 Å². The second kappa shape index (κ2) is 14.6. The van der Waals surface area contributed by atoms with Crippen LogP contribution in [0, 0.1) is 0 Å². The number of likely N-dealkylation sites (N-methyl/N-ethyl adjacent to an activating group) is 1. The van der Waals surface area contributed by atoms with Gasteiger partial charge in [-0.15, -0.1) is 24.8 Å². The summed E-state index contributed by atoms with van der Waals surface area (Å²) in [6.45, 7) is 6.92. The number of alkyl halides is 3. The molecule has 0 saturated carbocycles. The molecule has 2 aromatic carbocycles. The summed E-state index contributed by atoms with van der Waals surface area (Å²) in [5.74, 6) is -1.29. The Morgan fingerprint density at radius 2 is 1.73 bits per heavy atom. The fourth-order valence-electron chi connectivity index (χ4n) is 4.84. The second-order valence-corrected chi connectivity index (χ2v) is 9.90. The first-order valence-electron chi connectivity index (χ1n) is 12.9. The Bertz CT molecular complexity index is 1350. The first-order valence-corrected chi connectivity index (χ1v) is 12.9. The van der Waals surface area contributed by atoms with E-state index in [2.05, 4.69) is 20.5 Å². The lowest BCUT2D eigenvalue weighted by Crippen LogP contribution is -2.37. The van der Waals surface area contributed by atoms with Crippen molar-refractivity contribution in [2.75, 3.05) is 25.5 Å². The lowest BCUT2D eigenvalue weighted by Gasteiger charge is -2.33. The molecule has 1 unspecified atom stereocenters. The van der Waals surface area contributed by atoms with E-state index in [-0.39, 0.29) is 47.9 Å². The molecule has 41 heavy (non-hydrogen) atoms. The van der Waals surface area contributed by atoms with Gasteiger partial charge < -0.3 is 20.3 Å². The fourth-order valence-corrected chi connectivity index (χ4v) is 4.84. The van der Waals surface area contributed by atoms with E-state index in [0.29, 0.717) is 36.6 Å². The molecule has 3 aromatic rings. The van der Waals surface area contributed by atoms with Crippen LogP contribution >= 0.6 is 24.8 Å². The number of anilines is 1. The third-order valence-corrected chi connectivity index (χ3v) is 6.50. The first kappa shape index (κ1) is 33.9. The van der Waals surface area contributed by atoms with Gasteiger partial charge in [0.15, 0.2) is 0 Å². The molecule has 2 N–H and O–H groups in total. The minimum atomic E-state index is -4.61. The summed E-state index contributed by atoms with van der Waals surface area (Å²) in [5, 5.41) is 6.13. The van der Waals surface area contributed by atoms with E-state index in [1.165, 1.54) is 18.3 Å². The molecule has 0 aliphatic carbocycles. The van der Waals surface area contributed by atoms with Crippen molar-refractivity contribution in [2.45, 2.75) is 45.5 Å². The van der Waals surface area contributed by atoms with Gasteiger partial charge in [0.2, 0.25) is 11.8 Å². The number of carbonyl (C=O) groups excluding carboxylic acids is 1. The third kappa shape index (κ3) is 8.15. The summed E-state index contributed by atoms with van der Waals surface area (Å²) < 4.78 is 48.5. The summed E-state index contributed by atoms with van der Waals surface area (Å²) in [4.78, 5) is 20.1.